The van der Waals surface area contributed by atoms with Crippen molar-refractivity contribution >= 4 is 11.5 Å². The fourth-order valence-electron chi connectivity index (χ4n) is 3.14. The topological polar surface area (TPSA) is 20.3 Å². The molecule has 0 atom stereocenters. The molecule has 19 heavy (non-hydrogen) atoms. The summed E-state index contributed by atoms with van der Waals surface area (Å²) in [6, 6.07) is 6.27. The van der Waals surface area contributed by atoms with Crippen LogP contribution in [0.5, 0.6) is 0 Å². The second kappa shape index (κ2) is 4.22. The fourth-order valence-corrected chi connectivity index (χ4v) is 3.14. The molecule has 1 aromatic carbocycles. The lowest BCUT2D eigenvalue weighted by molar-refractivity contribution is 0.0982. The number of Topliss-reactive ketones (excluding diaryl/α,β-unsaturated/α-hetero) is 1. The first-order valence-corrected chi connectivity index (χ1v) is 7.18. The van der Waals surface area contributed by atoms with E-state index in [0.717, 1.165) is 24.2 Å². The van der Waals surface area contributed by atoms with Gasteiger partial charge < -0.3 is 4.90 Å². The minimum Gasteiger partial charge on any atom is -0.345 e. The molecule has 1 aliphatic carbocycles. The Balaban J connectivity index is 2.01. The van der Waals surface area contributed by atoms with Crippen molar-refractivity contribution in [3.63, 3.8) is 0 Å². The Morgan fingerprint density at radius 1 is 1.42 bits per heavy atom. The number of rotatable bonds is 4. The van der Waals surface area contributed by atoms with Crippen LogP contribution < -0.4 is 4.90 Å². The molecule has 0 aromatic heterocycles. The summed E-state index contributed by atoms with van der Waals surface area (Å²) in [4.78, 5) is 14.3. The molecule has 2 aliphatic rings. The molecule has 1 aromatic rings. The molecular weight excluding hydrogens is 234 g/mol. The Kier molecular flexibility index (Phi) is 2.77. The maximum absolute atomic E-state index is 12.1. The van der Waals surface area contributed by atoms with Gasteiger partial charge in [0.1, 0.15) is 0 Å². The Hall–Kier alpha value is -1.57. The number of hydrogen-bond acceptors (Lipinski definition) is 2. The third-order valence-electron chi connectivity index (χ3n) is 4.43. The van der Waals surface area contributed by atoms with Crippen molar-refractivity contribution in [2.75, 3.05) is 11.4 Å². The lowest BCUT2D eigenvalue weighted by atomic mass is 9.96. The first-order chi connectivity index (χ1) is 9.07. The second-order valence-corrected chi connectivity index (χ2v) is 6.01. The largest absolute Gasteiger partial charge is 0.345 e. The van der Waals surface area contributed by atoms with E-state index in [-0.39, 0.29) is 5.78 Å². The van der Waals surface area contributed by atoms with E-state index < -0.39 is 0 Å². The van der Waals surface area contributed by atoms with Crippen LogP contribution in [0.1, 0.15) is 55.5 Å². The van der Waals surface area contributed by atoms with E-state index in [9.17, 15) is 4.79 Å². The van der Waals surface area contributed by atoms with Crippen molar-refractivity contribution < 1.29 is 4.79 Å². The summed E-state index contributed by atoms with van der Waals surface area (Å²) in [7, 11) is 0. The number of benzene rings is 1. The summed E-state index contributed by atoms with van der Waals surface area (Å²) in [6.07, 6.45) is 4.08. The number of anilines is 1. The highest BCUT2D eigenvalue weighted by molar-refractivity contribution is 5.97. The van der Waals surface area contributed by atoms with Crippen molar-refractivity contribution in [2.45, 2.75) is 44.9 Å². The van der Waals surface area contributed by atoms with Crippen LogP contribution in [0.15, 0.2) is 30.5 Å². The summed E-state index contributed by atoms with van der Waals surface area (Å²) in [6.45, 7) is 9.22. The zero-order chi connectivity index (χ0) is 13.6. The molecule has 3 rings (SSSR count). The molecule has 1 heterocycles. The zero-order valence-corrected chi connectivity index (χ0v) is 11.8. The first-order valence-electron chi connectivity index (χ1n) is 7.18. The summed E-state index contributed by atoms with van der Waals surface area (Å²) < 4.78 is 0. The van der Waals surface area contributed by atoms with Crippen LogP contribution in [0.4, 0.5) is 5.69 Å². The third-order valence-corrected chi connectivity index (χ3v) is 4.43. The molecule has 0 radical (unpaired) electrons. The van der Waals surface area contributed by atoms with E-state index in [4.69, 9.17) is 0 Å². The normalized spacial score (nSPS) is 18.5. The summed E-state index contributed by atoms with van der Waals surface area (Å²) in [5.74, 6) is 0.253. The Morgan fingerprint density at radius 2 is 2.16 bits per heavy atom. The molecular formula is C17H21NO. The van der Waals surface area contributed by atoms with Gasteiger partial charge in [-0.1, -0.05) is 25.6 Å². The maximum Gasteiger partial charge on any atom is 0.162 e. The van der Waals surface area contributed by atoms with Gasteiger partial charge in [-0.05, 0) is 37.8 Å². The molecule has 1 aliphatic heterocycles. The van der Waals surface area contributed by atoms with Crippen molar-refractivity contribution in [3.8, 4) is 0 Å². The van der Waals surface area contributed by atoms with Crippen molar-refractivity contribution in [1.29, 1.82) is 0 Å². The van der Waals surface area contributed by atoms with Crippen LogP contribution >= 0.6 is 0 Å². The number of fused-ring (bicyclic) bond motifs is 2. The van der Waals surface area contributed by atoms with Gasteiger partial charge in [0.05, 0.1) is 0 Å². The molecule has 0 amide bonds. The van der Waals surface area contributed by atoms with Gasteiger partial charge in [0.15, 0.2) is 5.78 Å². The van der Waals surface area contributed by atoms with Crippen LogP contribution in [-0.2, 0) is 5.41 Å². The highest BCUT2D eigenvalue weighted by Gasteiger charge is 2.51. The van der Waals surface area contributed by atoms with Gasteiger partial charge in [-0.3, -0.25) is 4.79 Å². The number of nitrogens with zero attached hydrogens (tertiary/aromatic N) is 1. The zero-order valence-electron chi connectivity index (χ0n) is 11.8. The Bertz CT molecular complexity index is 554. The van der Waals surface area contributed by atoms with E-state index in [1.165, 1.54) is 24.1 Å². The summed E-state index contributed by atoms with van der Waals surface area (Å²) in [5.41, 5.74) is 4.92. The van der Waals surface area contributed by atoms with E-state index in [1.807, 2.05) is 19.9 Å². The molecule has 0 saturated heterocycles. The van der Waals surface area contributed by atoms with Gasteiger partial charge in [-0.25, -0.2) is 0 Å². The van der Waals surface area contributed by atoms with Crippen molar-refractivity contribution in [3.05, 3.63) is 41.6 Å². The average molecular weight is 255 g/mol. The lowest BCUT2D eigenvalue weighted by Crippen LogP contribution is -2.21. The molecule has 1 spiro atoms. The van der Waals surface area contributed by atoms with Gasteiger partial charge in [0.2, 0.25) is 0 Å². The van der Waals surface area contributed by atoms with Gasteiger partial charge in [-0.2, -0.15) is 0 Å². The molecule has 1 saturated carbocycles. The van der Waals surface area contributed by atoms with E-state index >= 15 is 0 Å². The van der Waals surface area contributed by atoms with Crippen molar-refractivity contribution in [1.82, 2.24) is 0 Å². The lowest BCUT2D eigenvalue weighted by Gasteiger charge is -2.19. The van der Waals surface area contributed by atoms with E-state index in [0.29, 0.717) is 11.8 Å². The van der Waals surface area contributed by atoms with Gasteiger partial charge in [0, 0.05) is 35.3 Å². The maximum atomic E-state index is 12.1. The SMILES string of the molecule is C=C(C)N1CC2(CC2)c2ccc(C(=O)CCC)cc21. The van der Waals surface area contributed by atoms with Crippen molar-refractivity contribution in [2.24, 2.45) is 0 Å². The number of ketones is 1. The summed E-state index contributed by atoms with van der Waals surface area (Å²) >= 11 is 0. The Labute approximate surface area is 115 Å². The molecule has 100 valence electrons. The monoisotopic (exact) mass is 255 g/mol. The minimum atomic E-state index is 0.253. The molecule has 1 fully saturated rings. The van der Waals surface area contributed by atoms with Gasteiger partial charge >= 0.3 is 0 Å². The predicted molar refractivity (Wildman–Crippen MR) is 78.8 cm³/mol. The smallest absolute Gasteiger partial charge is 0.162 e. The number of carbonyl (C=O) groups excluding carboxylic acids is 1. The van der Waals surface area contributed by atoms with Crippen LogP contribution in [0.3, 0.4) is 0 Å². The van der Waals surface area contributed by atoms with Crippen LogP contribution in [0.25, 0.3) is 0 Å². The average Bonchev–Trinajstić information content (AvgIpc) is 3.08. The highest BCUT2D eigenvalue weighted by atomic mass is 16.1. The second-order valence-electron chi connectivity index (χ2n) is 6.01. The minimum absolute atomic E-state index is 0.253. The summed E-state index contributed by atoms with van der Waals surface area (Å²) in [5, 5.41) is 0. The van der Waals surface area contributed by atoms with Crippen LogP contribution in [-0.4, -0.2) is 12.3 Å². The first kappa shape index (κ1) is 12.5. The van der Waals surface area contributed by atoms with Gasteiger partial charge in [-0.15, -0.1) is 0 Å². The van der Waals surface area contributed by atoms with E-state index in [2.05, 4.69) is 23.6 Å². The molecule has 2 heteroatoms. The highest BCUT2D eigenvalue weighted by Crippen LogP contribution is 2.57. The number of allylic oxidation sites excluding steroid dienone is 1. The number of carbonyl (C=O) groups is 1. The van der Waals surface area contributed by atoms with Crippen LogP contribution in [0.2, 0.25) is 0 Å². The molecule has 2 nitrogen and oxygen atoms in total. The van der Waals surface area contributed by atoms with E-state index in [1.54, 1.807) is 0 Å². The molecule has 0 N–H and O–H groups in total. The molecule has 0 bridgehead atoms. The van der Waals surface area contributed by atoms with Gasteiger partial charge in [0.25, 0.3) is 0 Å². The quantitative estimate of drug-likeness (QED) is 0.756. The Morgan fingerprint density at radius 3 is 2.74 bits per heavy atom. The standard InChI is InChI=1S/C17H21NO/c1-4-5-16(19)13-6-7-14-15(10-13)18(12(2)3)11-17(14)8-9-17/h6-7,10H,2,4-5,8-9,11H2,1,3H3. The third kappa shape index (κ3) is 1.90. The number of hydrogen-bond donors (Lipinski definition) is 0. The van der Waals surface area contributed by atoms with Crippen LogP contribution in [0, 0.1) is 0 Å². The molecule has 0 unspecified atom stereocenters. The predicted octanol–water partition coefficient (Wildman–Crippen LogP) is 4.05. The fraction of sp³-hybridized carbons (Fsp3) is 0.471.